The molecular weight excluding hydrogens is 408 g/mol. The summed E-state index contributed by atoms with van der Waals surface area (Å²) in [4.78, 5) is 10.1. The van der Waals surface area contributed by atoms with Crippen LogP contribution in [0.5, 0.6) is 11.5 Å². The van der Waals surface area contributed by atoms with Crippen molar-refractivity contribution in [1.82, 2.24) is 0 Å². The zero-order valence-corrected chi connectivity index (χ0v) is 20.6. The normalized spacial score (nSPS) is 24.5. The van der Waals surface area contributed by atoms with Gasteiger partial charge in [0.1, 0.15) is 11.5 Å². The van der Waals surface area contributed by atoms with Gasteiger partial charge in [-0.1, -0.05) is 39.8 Å². The van der Waals surface area contributed by atoms with E-state index in [-0.39, 0.29) is 11.6 Å². The van der Waals surface area contributed by atoms with Crippen molar-refractivity contribution in [3.63, 3.8) is 0 Å². The average molecular weight is 447 g/mol. The molecule has 2 bridgehead atoms. The Kier molecular flexibility index (Phi) is 6.92. The molecule has 0 amide bonds. The zero-order chi connectivity index (χ0) is 23.6. The van der Waals surface area contributed by atoms with Crippen molar-refractivity contribution in [3.05, 3.63) is 57.6 Å². The van der Waals surface area contributed by atoms with E-state index in [4.69, 9.17) is 9.98 Å². The highest BCUT2D eigenvalue weighted by Gasteiger charge is 2.52. The number of phenols is 2. The van der Waals surface area contributed by atoms with Gasteiger partial charge in [0.05, 0.1) is 11.6 Å². The Morgan fingerprint density at radius 2 is 1.42 bits per heavy atom. The number of fused-ring (bicyclic) bond motifs is 2. The van der Waals surface area contributed by atoms with E-state index in [9.17, 15) is 10.2 Å². The fraction of sp³-hybridized carbons (Fsp3) is 0.517. The first-order valence-electron chi connectivity index (χ1n) is 12.7. The van der Waals surface area contributed by atoms with Crippen LogP contribution in [-0.4, -0.2) is 34.2 Å². The maximum absolute atomic E-state index is 10.7. The topological polar surface area (TPSA) is 65.2 Å². The van der Waals surface area contributed by atoms with Gasteiger partial charge in [-0.3, -0.25) is 9.98 Å². The smallest absolute Gasteiger partial charge is 0.127 e. The molecule has 3 unspecified atom stereocenters. The molecule has 3 atom stereocenters. The molecule has 2 N–H and O–H groups in total. The van der Waals surface area contributed by atoms with Crippen LogP contribution >= 0.6 is 0 Å². The van der Waals surface area contributed by atoms with Gasteiger partial charge in [-0.15, -0.1) is 0 Å². The maximum atomic E-state index is 10.7. The Hall–Kier alpha value is -2.62. The lowest BCUT2D eigenvalue weighted by Crippen LogP contribution is -2.34. The summed E-state index contributed by atoms with van der Waals surface area (Å²) in [5, 5.41) is 21.5. The van der Waals surface area contributed by atoms with Crippen molar-refractivity contribution in [2.75, 3.05) is 0 Å². The summed E-state index contributed by atoms with van der Waals surface area (Å²) in [5.41, 5.74) is 5.85. The van der Waals surface area contributed by atoms with Crippen LogP contribution in [0.4, 0.5) is 0 Å². The molecule has 4 rings (SSSR count). The van der Waals surface area contributed by atoms with E-state index in [0.717, 1.165) is 67.2 Å². The van der Waals surface area contributed by atoms with Crippen molar-refractivity contribution in [1.29, 1.82) is 0 Å². The first-order valence-corrected chi connectivity index (χ1v) is 12.7. The molecule has 0 aliphatic heterocycles. The molecule has 2 aromatic carbocycles. The molecule has 2 aliphatic rings. The third-order valence-corrected chi connectivity index (χ3v) is 7.79. The molecule has 4 heteroatoms. The molecular formula is C29H38N2O2. The average Bonchev–Trinajstić information content (AvgIpc) is 3.41. The second-order valence-corrected chi connectivity index (χ2v) is 9.80. The summed E-state index contributed by atoms with van der Waals surface area (Å²) < 4.78 is 0. The molecule has 0 heterocycles. The Morgan fingerprint density at radius 3 is 1.94 bits per heavy atom. The fourth-order valence-corrected chi connectivity index (χ4v) is 5.69. The van der Waals surface area contributed by atoms with E-state index in [1.54, 1.807) is 0 Å². The van der Waals surface area contributed by atoms with E-state index in [0.29, 0.717) is 17.4 Å². The van der Waals surface area contributed by atoms with Crippen LogP contribution in [0, 0.1) is 5.92 Å². The molecule has 0 spiro atoms. The van der Waals surface area contributed by atoms with E-state index >= 15 is 0 Å². The van der Waals surface area contributed by atoms with Crippen LogP contribution < -0.4 is 0 Å². The molecule has 33 heavy (non-hydrogen) atoms. The molecule has 2 aromatic rings. The second-order valence-electron chi connectivity index (χ2n) is 9.80. The summed E-state index contributed by atoms with van der Waals surface area (Å²) in [7, 11) is 0. The molecule has 2 saturated carbocycles. The Balaban J connectivity index is 1.64. The minimum absolute atomic E-state index is 0.115. The van der Waals surface area contributed by atoms with Gasteiger partial charge >= 0.3 is 0 Å². The lowest BCUT2D eigenvalue weighted by atomic mass is 9.89. The SMILES string of the molecule is CCc1cc(C=NC2CC3CCC2(N=Cc2cc(CC)cc(CC)c2O)C3)c(O)c(CC)c1. The summed E-state index contributed by atoms with van der Waals surface area (Å²) >= 11 is 0. The van der Waals surface area contributed by atoms with Crippen LogP contribution in [0.3, 0.4) is 0 Å². The summed E-state index contributed by atoms with van der Waals surface area (Å²) in [6.07, 6.45) is 11.6. The molecule has 0 aromatic heterocycles. The van der Waals surface area contributed by atoms with Crippen LogP contribution in [0.2, 0.25) is 0 Å². The molecule has 4 nitrogen and oxygen atoms in total. The van der Waals surface area contributed by atoms with Gasteiger partial charge in [-0.2, -0.15) is 0 Å². The van der Waals surface area contributed by atoms with Crippen molar-refractivity contribution >= 4 is 12.4 Å². The highest BCUT2D eigenvalue weighted by atomic mass is 16.3. The standard InChI is InChI=1S/C29H38N2O2/c1-5-19-11-22(7-3)27(32)24(13-19)17-30-26-15-21-9-10-29(26,16-21)31-18-25-14-20(6-2)12-23(8-4)28(25)33/h11-14,17-18,21,26,32-33H,5-10,15-16H2,1-4H3. The predicted molar refractivity (Wildman–Crippen MR) is 137 cm³/mol. The number of hydrogen-bond donors (Lipinski definition) is 2. The number of nitrogens with zero attached hydrogens (tertiary/aromatic N) is 2. The van der Waals surface area contributed by atoms with Crippen molar-refractivity contribution in [3.8, 4) is 11.5 Å². The second kappa shape index (κ2) is 9.70. The first-order chi connectivity index (χ1) is 15.9. The van der Waals surface area contributed by atoms with Crippen LogP contribution in [-0.2, 0) is 25.7 Å². The summed E-state index contributed by atoms with van der Waals surface area (Å²) in [5.74, 6) is 1.37. The molecule has 2 aliphatic carbocycles. The monoisotopic (exact) mass is 446 g/mol. The minimum atomic E-state index is -0.201. The maximum Gasteiger partial charge on any atom is 0.127 e. The number of rotatable bonds is 8. The number of aromatic hydroxyl groups is 2. The Morgan fingerprint density at radius 1 is 0.848 bits per heavy atom. The largest absolute Gasteiger partial charge is 0.507 e. The van der Waals surface area contributed by atoms with Gasteiger partial charge < -0.3 is 10.2 Å². The zero-order valence-electron chi connectivity index (χ0n) is 20.6. The van der Waals surface area contributed by atoms with Crippen molar-refractivity contribution < 1.29 is 10.2 Å². The van der Waals surface area contributed by atoms with Crippen LogP contribution in [0.25, 0.3) is 0 Å². The van der Waals surface area contributed by atoms with Gasteiger partial charge in [0.15, 0.2) is 0 Å². The molecule has 0 saturated heterocycles. The van der Waals surface area contributed by atoms with Gasteiger partial charge in [0.2, 0.25) is 0 Å². The summed E-state index contributed by atoms with van der Waals surface area (Å²) in [6.45, 7) is 8.42. The van der Waals surface area contributed by atoms with Crippen molar-refractivity contribution in [2.45, 2.75) is 90.6 Å². The van der Waals surface area contributed by atoms with Gasteiger partial charge in [-0.05, 0) is 91.7 Å². The number of aryl methyl sites for hydroxylation is 4. The van der Waals surface area contributed by atoms with Crippen LogP contribution in [0.15, 0.2) is 34.3 Å². The quantitative estimate of drug-likeness (QED) is 0.474. The highest BCUT2D eigenvalue weighted by molar-refractivity contribution is 5.86. The summed E-state index contributed by atoms with van der Waals surface area (Å²) in [6, 6.07) is 8.43. The van der Waals surface area contributed by atoms with E-state index in [1.165, 1.54) is 17.5 Å². The number of phenolic OH excluding ortho intramolecular Hbond substituents is 2. The van der Waals surface area contributed by atoms with E-state index in [1.807, 2.05) is 12.4 Å². The third-order valence-electron chi connectivity index (χ3n) is 7.79. The number of aliphatic imine (C=N–C) groups is 2. The molecule has 176 valence electrons. The van der Waals surface area contributed by atoms with E-state index in [2.05, 4.69) is 52.0 Å². The first kappa shape index (κ1) is 23.5. The third kappa shape index (κ3) is 4.58. The Bertz CT molecular complexity index is 1070. The van der Waals surface area contributed by atoms with Gasteiger partial charge in [0.25, 0.3) is 0 Å². The lowest BCUT2D eigenvalue weighted by molar-refractivity contribution is 0.367. The van der Waals surface area contributed by atoms with Crippen molar-refractivity contribution in [2.24, 2.45) is 15.9 Å². The lowest BCUT2D eigenvalue weighted by Gasteiger charge is -2.28. The number of benzene rings is 2. The predicted octanol–water partition coefficient (Wildman–Crippen LogP) is 6.20. The Labute approximate surface area is 198 Å². The minimum Gasteiger partial charge on any atom is -0.507 e. The highest BCUT2D eigenvalue weighted by Crippen LogP contribution is 2.51. The van der Waals surface area contributed by atoms with Gasteiger partial charge in [-0.25, -0.2) is 0 Å². The van der Waals surface area contributed by atoms with Crippen LogP contribution in [0.1, 0.15) is 86.8 Å². The van der Waals surface area contributed by atoms with E-state index < -0.39 is 0 Å². The number of hydrogen-bond acceptors (Lipinski definition) is 4. The molecule has 2 fully saturated rings. The molecule has 0 radical (unpaired) electrons. The fourth-order valence-electron chi connectivity index (χ4n) is 5.69. The van der Waals surface area contributed by atoms with Gasteiger partial charge in [0, 0.05) is 23.6 Å².